The van der Waals surface area contributed by atoms with Crippen molar-refractivity contribution in [2.24, 2.45) is 0 Å². The van der Waals surface area contributed by atoms with Gasteiger partial charge in [0.15, 0.2) is 0 Å². The summed E-state index contributed by atoms with van der Waals surface area (Å²) in [6.45, 7) is 6.84. The number of nitrogens with zero attached hydrogens (tertiary/aromatic N) is 3. The van der Waals surface area contributed by atoms with Crippen LogP contribution in [-0.2, 0) is 0 Å². The van der Waals surface area contributed by atoms with Gasteiger partial charge < -0.3 is 5.48 Å². The van der Waals surface area contributed by atoms with Crippen LogP contribution in [0.25, 0.3) is 0 Å². The average Bonchev–Trinajstić information content (AvgIpc) is 4.11. The van der Waals surface area contributed by atoms with Gasteiger partial charge in [0.2, 0.25) is 0 Å². The number of halogens is 2. The molecular formula is C68H112Cl2N3OSn4. The van der Waals surface area contributed by atoms with Crippen LogP contribution in [0.1, 0.15) is 252 Å². The summed E-state index contributed by atoms with van der Waals surface area (Å²) in [5.41, 5.74) is 0. The zero-order chi connectivity index (χ0) is 53.9. The van der Waals surface area contributed by atoms with Gasteiger partial charge in [-0.25, -0.2) is 0 Å². The number of aromatic nitrogens is 3. The molecule has 0 atom stereocenters. The molecule has 6 saturated carbocycles. The fourth-order valence-electron chi connectivity index (χ4n) is 16.3. The standard InChI is InChI=1S/6C6H11.3C6H5.3C4H9.C2H2N3.2ClH.H2O.4Sn/c9*1-2-4-6-5-3-1;3*1-3-4-2;1-3-2-5-4-1;;;;;;;/h6*1H,2-6H2;3*1-5H;3*1,3-4H2,2H3;1-2H;2*1H;1H2;;;;/q;;;;;;;;;;;;-1;;;;;3*+1/p-2. The monoisotopic (exact) mass is 1540 g/mol. The summed E-state index contributed by atoms with van der Waals surface area (Å²) in [7, 11) is 14.2. The van der Waals surface area contributed by atoms with Crippen molar-refractivity contribution in [3.63, 3.8) is 0 Å². The van der Waals surface area contributed by atoms with E-state index in [2.05, 4.69) is 108 Å². The van der Waals surface area contributed by atoms with Gasteiger partial charge in [-0.1, -0.05) is 0 Å². The Morgan fingerprint density at radius 1 is 0.423 bits per heavy atom. The molecule has 0 unspecified atom stereocenters. The molecule has 1 heterocycles. The molecule has 3 aromatic carbocycles. The molecule has 1 aromatic heterocycles. The van der Waals surface area contributed by atoms with Crippen LogP contribution in [0.4, 0.5) is 0 Å². The SMILES string of the molecule is C1CC[CH]([Sn]([CH]2CCCCC2)[CH]2CCCCC2)CC1.CCC[CH2][Sn]([Cl])([CH2]CCC)[CH2]CCC.O.[Cl][Sn]([c]1ccccc1)([c]1ccccc1)[c]1ccccc1.c1nc[n]([Sn]([CH]2CCCCC2)([CH]2CCCCC2)[CH]2CCCCC2)n1. The summed E-state index contributed by atoms with van der Waals surface area (Å²) in [6, 6.07) is 31.6. The van der Waals surface area contributed by atoms with Crippen LogP contribution in [0.15, 0.2) is 104 Å². The zero-order valence-electron chi connectivity index (χ0n) is 50.0. The maximum atomic E-state index is 7.33. The quantitative estimate of drug-likeness (QED) is 0.0878. The van der Waals surface area contributed by atoms with Crippen molar-refractivity contribution in [1.29, 1.82) is 0 Å². The topological polar surface area (TPSA) is 62.2 Å². The van der Waals surface area contributed by atoms with Crippen LogP contribution < -0.4 is 10.7 Å². The Morgan fingerprint density at radius 2 is 0.705 bits per heavy atom. The Kier molecular flexibility index (Phi) is 32.8. The molecule has 0 amide bonds. The molecule has 2 N–H and O–H groups in total. The summed E-state index contributed by atoms with van der Waals surface area (Å²) < 4.78 is 17.8. The van der Waals surface area contributed by atoms with Crippen molar-refractivity contribution in [2.75, 3.05) is 0 Å². The van der Waals surface area contributed by atoms with E-state index in [0.29, 0.717) is 0 Å². The van der Waals surface area contributed by atoms with Gasteiger partial charge in [0, 0.05) is 0 Å². The number of hydrogen-bond donors (Lipinski definition) is 0. The summed E-state index contributed by atoms with van der Waals surface area (Å²) in [5.74, 6) is 0. The first-order valence-corrected chi connectivity index (χ1v) is 61.9. The third kappa shape index (κ3) is 19.8. The van der Waals surface area contributed by atoms with Gasteiger partial charge in [-0.3, -0.25) is 0 Å². The Bertz CT molecular complexity index is 1880. The number of unbranched alkanes of at least 4 members (excludes halogenated alkanes) is 3. The van der Waals surface area contributed by atoms with E-state index in [0.717, 1.165) is 11.8 Å². The van der Waals surface area contributed by atoms with Crippen LogP contribution in [0.3, 0.4) is 0 Å². The average molecular weight is 1530 g/mol. The first-order chi connectivity index (χ1) is 37.9. The fourth-order valence-corrected chi connectivity index (χ4v) is 77.3. The Labute approximate surface area is 506 Å². The van der Waals surface area contributed by atoms with Crippen LogP contribution in [0.5, 0.6) is 0 Å². The third-order valence-corrected chi connectivity index (χ3v) is 80.9. The van der Waals surface area contributed by atoms with Crippen molar-refractivity contribution in [1.82, 2.24) is 13.0 Å². The molecule has 4 nitrogen and oxygen atoms in total. The predicted octanol–water partition coefficient (Wildman–Crippen LogP) is 20.2. The first-order valence-electron chi connectivity index (χ1n) is 33.1. The predicted molar refractivity (Wildman–Crippen MR) is 352 cm³/mol. The summed E-state index contributed by atoms with van der Waals surface area (Å²) in [5, 5.41) is 4.91. The maximum absolute atomic E-state index is 7.33. The first kappa shape index (κ1) is 67.7. The zero-order valence-corrected chi connectivity index (χ0v) is 62.9. The van der Waals surface area contributed by atoms with Crippen LogP contribution in [0, 0.1) is 0 Å². The second-order valence-electron chi connectivity index (χ2n) is 25.5. The Balaban J connectivity index is 0.000000171. The van der Waals surface area contributed by atoms with Gasteiger partial charge >= 0.3 is 507 Å². The van der Waals surface area contributed by atoms with E-state index in [9.17, 15) is 0 Å². The van der Waals surface area contributed by atoms with E-state index in [1.54, 1.807) is 96.3 Å². The summed E-state index contributed by atoms with van der Waals surface area (Å²) in [6.07, 6.45) is 58.8. The van der Waals surface area contributed by atoms with E-state index in [1.165, 1.54) is 171 Å². The second-order valence-corrected chi connectivity index (χ2v) is 77.4. The van der Waals surface area contributed by atoms with Crippen molar-refractivity contribution in [3.8, 4) is 0 Å². The Morgan fingerprint density at radius 3 is 0.962 bits per heavy atom. The molecule has 6 aliphatic rings. The van der Waals surface area contributed by atoms with Gasteiger partial charge in [0.05, 0.1) is 0 Å². The molecule has 0 spiro atoms. The van der Waals surface area contributed by atoms with E-state index in [4.69, 9.17) is 22.9 Å². The van der Waals surface area contributed by atoms with Crippen LogP contribution >= 0.6 is 17.8 Å². The van der Waals surface area contributed by atoms with E-state index in [-0.39, 0.29) is 5.48 Å². The van der Waals surface area contributed by atoms with Crippen molar-refractivity contribution >= 4 is 101 Å². The van der Waals surface area contributed by atoms with Crippen LogP contribution in [0.2, 0.25) is 36.9 Å². The van der Waals surface area contributed by atoms with Gasteiger partial charge in [0.1, 0.15) is 0 Å². The van der Waals surface area contributed by atoms with E-state index in [1.807, 2.05) is 24.5 Å². The molecular weight excluding hydrogens is 1420 g/mol. The molecule has 6 aliphatic carbocycles. The molecule has 78 heavy (non-hydrogen) atoms. The summed E-state index contributed by atoms with van der Waals surface area (Å²) in [4.78, 5) is 4.48. The number of rotatable bonds is 19. The molecule has 0 saturated heterocycles. The van der Waals surface area contributed by atoms with E-state index >= 15 is 0 Å². The molecule has 0 aliphatic heterocycles. The third-order valence-electron chi connectivity index (χ3n) is 20.3. The van der Waals surface area contributed by atoms with Gasteiger partial charge in [-0.15, -0.1) is 0 Å². The van der Waals surface area contributed by atoms with Crippen molar-refractivity contribution < 1.29 is 5.48 Å². The molecule has 0 bridgehead atoms. The van der Waals surface area contributed by atoms with Crippen molar-refractivity contribution in [2.45, 2.75) is 289 Å². The van der Waals surface area contributed by atoms with Gasteiger partial charge in [0.25, 0.3) is 0 Å². The van der Waals surface area contributed by atoms with Crippen LogP contribution in [-0.4, -0.2) is 91.4 Å². The van der Waals surface area contributed by atoms with Crippen molar-refractivity contribution in [3.05, 3.63) is 104 Å². The molecule has 10 rings (SSSR count). The minimum atomic E-state index is -3.30. The van der Waals surface area contributed by atoms with Gasteiger partial charge in [-0.2, -0.15) is 0 Å². The summed E-state index contributed by atoms with van der Waals surface area (Å²) >= 11 is -9.22. The fraction of sp³-hybridized carbons (Fsp3) is 0.706. The number of benzene rings is 3. The Hall–Kier alpha value is 0.535. The number of hydrogen-bond acceptors (Lipinski definition) is 2. The molecule has 1 radical (unpaired) electrons. The molecule has 435 valence electrons. The molecule has 4 aromatic rings. The minimum absolute atomic E-state index is 0. The second kappa shape index (κ2) is 37.9. The normalized spacial score (nSPS) is 20.0. The molecule has 10 heteroatoms. The van der Waals surface area contributed by atoms with E-state index < -0.39 is 72.9 Å². The van der Waals surface area contributed by atoms with Gasteiger partial charge in [-0.05, 0) is 0 Å². The molecule has 6 fully saturated rings.